The molecule has 0 radical (unpaired) electrons. The number of hydrogen-bond donors (Lipinski definition) is 0. The molecule has 0 unspecified atom stereocenters. The van der Waals surface area contributed by atoms with Crippen LogP contribution in [-0.4, -0.2) is 9.91 Å². The highest BCUT2D eigenvalue weighted by Crippen LogP contribution is 2.31. The summed E-state index contributed by atoms with van der Waals surface area (Å²) in [6.07, 6.45) is 0. The van der Waals surface area contributed by atoms with Crippen molar-refractivity contribution in [2.45, 2.75) is 6.92 Å². The standard InChI is InChI=1S/C12H9FN2O3/c1-8-5-6-10(9(7-8)15(16)17)18-12-4-2-3-11(13)14-12/h2-7H,1H3. The van der Waals surface area contributed by atoms with E-state index in [0.717, 1.165) is 11.6 Å². The van der Waals surface area contributed by atoms with E-state index < -0.39 is 10.9 Å². The van der Waals surface area contributed by atoms with Gasteiger partial charge in [-0.3, -0.25) is 10.1 Å². The van der Waals surface area contributed by atoms with Crippen molar-refractivity contribution in [3.05, 3.63) is 58.0 Å². The topological polar surface area (TPSA) is 65.3 Å². The number of nitro groups is 1. The third-order valence-corrected chi connectivity index (χ3v) is 2.22. The van der Waals surface area contributed by atoms with E-state index >= 15 is 0 Å². The van der Waals surface area contributed by atoms with E-state index in [9.17, 15) is 14.5 Å². The molecule has 1 aromatic heterocycles. The Hall–Kier alpha value is -2.50. The van der Waals surface area contributed by atoms with Crippen molar-refractivity contribution >= 4 is 5.69 Å². The van der Waals surface area contributed by atoms with Crippen LogP contribution in [0.2, 0.25) is 0 Å². The van der Waals surface area contributed by atoms with Gasteiger partial charge in [0.15, 0.2) is 0 Å². The summed E-state index contributed by atoms with van der Waals surface area (Å²) in [6, 6.07) is 8.51. The van der Waals surface area contributed by atoms with Crippen LogP contribution in [0, 0.1) is 23.0 Å². The number of benzene rings is 1. The average molecular weight is 248 g/mol. The highest BCUT2D eigenvalue weighted by molar-refractivity contribution is 5.49. The minimum atomic E-state index is -0.706. The first-order chi connectivity index (χ1) is 8.56. The maximum Gasteiger partial charge on any atom is 0.311 e. The van der Waals surface area contributed by atoms with Crippen LogP contribution in [-0.2, 0) is 0 Å². The van der Waals surface area contributed by atoms with Gasteiger partial charge in [0.1, 0.15) is 0 Å². The molecule has 5 nitrogen and oxygen atoms in total. The third-order valence-electron chi connectivity index (χ3n) is 2.22. The minimum Gasteiger partial charge on any atom is -0.432 e. The van der Waals surface area contributed by atoms with Crippen LogP contribution in [0.15, 0.2) is 36.4 Å². The first kappa shape index (κ1) is 12.0. The Labute approximate surface area is 102 Å². The van der Waals surface area contributed by atoms with Gasteiger partial charge in [0.05, 0.1) is 4.92 Å². The van der Waals surface area contributed by atoms with Crippen molar-refractivity contribution in [2.75, 3.05) is 0 Å². The summed E-state index contributed by atoms with van der Waals surface area (Å²) in [5.41, 5.74) is 0.558. The second-order valence-electron chi connectivity index (χ2n) is 3.63. The van der Waals surface area contributed by atoms with E-state index in [1.165, 1.54) is 24.3 Å². The van der Waals surface area contributed by atoms with E-state index in [0.29, 0.717) is 0 Å². The van der Waals surface area contributed by atoms with Gasteiger partial charge in [-0.2, -0.15) is 9.37 Å². The third kappa shape index (κ3) is 2.60. The van der Waals surface area contributed by atoms with Crippen molar-refractivity contribution in [3.8, 4) is 11.6 Å². The zero-order valence-corrected chi connectivity index (χ0v) is 9.46. The second kappa shape index (κ2) is 4.79. The predicted octanol–water partition coefficient (Wildman–Crippen LogP) is 3.23. The molecule has 0 aliphatic carbocycles. The molecule has 0 saturated carbocycles. The molecule has 0 aliphatic rings. The lowest BCUT2D eigenvalue weighted by atomic mass is 10.2. The number of nitrogens with zero attached hydrogens (tertiary/aromatic N) is 2. The first-order valence-corrected chi connectivity index (χ1v) is 5.12. The lowest BCUT2D eigenvalue weighted by molar-refractivity contribution is -0.385. The molecule has 0 fully saturated rings. The molecule has 18 heavy (non-hydrogen) atoms. The molecule has 92 valence electrons. The monoisotopic (exact) mass is 248 g/mol. The zero-order valence-electron chi connectivity index (χ0n) is 9.46. The highest BCUT2D eigenvalue weighted by atomic mass is 19.1. The van der Waals surface area contributed by atoms with E-state index in [4.69, 9.17) is 4.74 Å². The van der Waals surface area contributed by atoms with Gasteiger partial charge in [-0.05, 0) is 24.6 Å². The lowest BCUT2D eigenvalue weighted by Gasteiger charge is -2.05. The van der Waals surface area contributed by atoms with Crippen LogP contribution in [0.4, 0.5) is 10.1 Å². The molecule has 0 aliphatic heterocycles. The first-order valence-electron chi connectivity index (χ1n) is 5.12. The normalized spacial score (nSPS) is 10.1. The molecule has 1 heterocycles. The molecule has 1 aromatic carbocycles. The Balaban J connectivity index is 2.37. The van der Waals surface area contributed by atoms with E-state index in [1.807, 2.05) is 0 Å². The number of ether oxygens (including phenoxy) is 1. The van der Waals surface area contributed by atoms with Gasteiger partial charge < -0.3 is 4.74 Å². The molecule has 0 spiro atoms. The summed E-state index contributed by atoms with van der Waals surface area (Å²) in [7, 11) is 0. The molecule has 2 aromatic rings. The second-order valence-corrected chi connectivity index (χ2v) is 3.63. The Morgan fingerprint density at radius 3 is 2.78 bits per heavy atom. The molecule has 0 atom stereocenters. The van der Waals surface area contributed by atoms with Gasteiger partial charge in [0.25, 0.3) is 0 Å². The van der Waals surface area contributed by atoms with Gasteiger partial charge in [-0.1, -0.05) is 12.1 Å². The van der Waals surface area contributed by atoms with Crippen molar-refractivity contribution in [1.29, 1.82) is 0 Å². The van der Waals surface area contributed by atoms with Gasteiger partial charge in [0.2, 0.25) is 17.6 Å². The molecular weight excluding hydrogens is 239 g/mol. The number of pyridine rings is 1. The van der Waals surface area contributed by atoms with Crippen LogP contribution in [0.25, 0.3) is 0 Å². The largest absolute Gasteiger partial charge is 0.432 e. The van der Waals surface area contributed by atoms with Crippen LogP contribution >= 0.6 is 0 Å². The quantitative estimate of drug-likeness (QED) is 0.475. The predicted molar refractivity (Wildman–Crippen MR) is 62.1 cm³/mol. The Morgan fingerprint density at radius 1 is 1.33 bits per heavy atom. The van der Waals surface area contributed by atoms with Gasteiger partial charge in [-0.25, -0.2) is 0 Å². The SMILES string of the molecule is Cc1ccc(Oc2cccc(F)n2)c([N+](=O)[O-])c1. The van der Waals surface area contributed by atoms with Crippen molar-refractivity contribution < 1.29 is 14.1 Å². The van der Waals surface area contributed by atoms with Crippen LogP contribution in [0.5, 0.6) is 11.6 Å². The summed E-state index contributed by atoms with van der Waals surface area (Å²) in [4.78, 5) is 13.8. The number of aryl methyl sites for hydroxylation is 1. The van der Waals surface area contributed by atoms with E-state index in [-0.39, 0.29) is 17.3 Å². The number of aromatic nitrogens is 1. The summed E-state index contributed by atoms with van der Waals surface area (Å²) >= 11 is 0. The highest BCUT2D eigenvalue weighted by Gasteiger charge is 2.16. The molecular formula is C12H9FN2O3. The summed E-state index contributed by atoms with van der Waals surface area (Å²) in [5, 5.41) is 10.9. The smallest absolute Gasteiger partial charge is 0.311 e. The van der Waals surface area contributed by atoms with Gasteiger partial charge in [-0.15, -0.1) is 0 Å². The zero-order chi connectivity index (χ0) is 13.1. The number of rotatable bonds is 3. The Morgan fingerprint density at radius 2 is 2.11 bits per heavy atom. The van der Waals surface area contributed by atoms with E-state index in [2.05, 4.69) is 4.98 Å². The minimum absolute atomic E-state index is 0.0260. The number of halogens is 1. The van der Waals surface area contributed by atoms with E-state index in [1.54, 1.807) is 13.0 Å². The van der Waals surface area contributed by atoms with Gasteiger partial charge in [0, 0.05) is 12.1 Å². The Bertz CT molecular complexity index is 602. The maximum absolute atomic E-state index is 12.9. The van der Waals surface area contributed by atoms with Gasteiger partial charge >= 0.3 is 5.69 Å². The number of hydrogen-bond acceptors (Lipinski definition) is 4. The van der Waals surface area contributed by atoms with Crippen molar-refractivity contribution in [3.63, 3.8) is 0 Å². The molecule has 0 amide bonds. The number of nitro benzene ring substituents is 1. The van der Waals surface area contributed by atoms with Crippen LogP contribution in [0.1, 0.15) is 5.56 Å². The fraction of sp³-hybridized carbons (Fsp3) is 0.0833. The summed E-state index contributed by atoms with van der Waals surface area (Å²) < 4.78 is 18.1. The molecule has 0 bridgehead atoms. The van der Waals surface area contributed by atoms with Crippen molar-refractivity contribution in [2.24, 2.45) is 0 Å². The molecule has 6 heteroatoms. The lowest BCUT2D eigenvalue weighted by Crippen LogP contribution is -1.96. The fourth-order valence-electron chi connectivity index (χ4n) is 1.42. The fourth-order valence-corrected chi connectivity index (χ4v) is 1.42. The Kier molecular flexibility index (Phi) is 3.18. The van der Waals surface area contributed by atoms with Crippen LogP contribution in [0.3, 0.4) is 0 Å². The van der Waals surface area contributed by atoms with Crippen molar-refractivity contribution in [1.82, 2.24) is 4.98 Å². The summed E-state index contributed by atoms with van der Waals surface area (Å²) in [5.74, 6) is -0.701. The molecule has 2 rings (SSSR count). The maximum atomic E-state index is 12.9. The molecule has 0 saturated heterocycles. The molecule has 0 N–H and O–H groups in total. The average Bonchev–Trinajstić information content (AvgIpc) is 2.31. The summed E-state index contributed by atoms with van der Waals surface area (Å²) in [6.45, 7) is 1.73. The van der Waals surface area contributed by atoms with Crippen LogP contribution < -0.4 is 4.74 Å².